The van der Waals surface area contributed by atoms with Crippen LogP contribution in [-0.4, -0.2) is 39.5 Å². The van der Waals surface area contributed by atoms with Gasteiger partial charge in [0, 0.05) is 42.4 Å². The van der Waals surface area contributed by atoms with Gasteiger partial charge in [0.15, 0.2) is 0 Å². The molecule has 5 aromatic rings. The number of nitrogen functional groups attached to an aromatic ring is 1. The fourth-order valence-electron chi connectivity index (χ4n) is 4.72. The molecule has 0 unspecified atom stereocenters. The molecule has 1 aliphatic carbocycles. The van der Waals surface area contributed by atoms with Gasteiger partial charge in [0.1, 0.15) is 5.82 Å². The molecule has 4 aromatic heterocycles. The highest BCUT2D eigenvalue weighted by Crippen LogP contribution is 2.39. The SMILES string of the molecule is C[C@H](Nc1nccc(N)c1-c1nnn(C)n1)c1cc2cccc(-c3cnn(C)c3)c2c(=O)n1C1CC1. The first-order valence-electron chi connectivity index (χ1n) is 11.8. The Morgan fingerprint density at radius 2 is 2.03 bits per heavy atom. The van der Waals surface area contributed by atoms with Crippen molar-refractivity contribution >= 4 is 22.3 Å². The second kappa shape index (κ2) is 8.29. The van der Waals surface area contributed by atoms with Crippen molar-refractivity contribution in [3.63, 3.8) is 0 Å². The highest BCUT2D eigenvalue weighted by Gasteiger charge is 2.30. The van der Waals surface area contributed by atoms with Crippen molar-refractivity contribution in [1.82, 2.24) is 39.5 Å². The Bertz CT molecular complexity index is 1660. The lowest BCUT2D eigenvalue weighted by molar-refractivity contribution is 0.630. The van der Waals surface area contributed by atoms with E-state index >= 15 is 0 Å². The van der Waals surface area contributed by atoms with Crippen molar-refractivity contribution in [3.05, 3.63) is 65.0 Å². The minimum atomic E-state index is -0.241. The summed E-state index contributed by atoms with van der Waals surface area (Å²) >= 11 is 0. The molecule has 0 radical (unpaired) electrons. The monoisotopic (exact) mass is 482 g/mol. The molecule has 1 saturated carbocycles. The van der Waals surface area contributed by atoms with Gasteiger partial charge >= 0.3 is 0 Å². The van der Waals surface area contributed by atoms with E-state index in [1.807, 2.05) is 42.9 Å². The van der Waals surface area contributed by atoms with Gasteiger partial charge in [0.05, 0.1) is 30.2 Å². The molecule has 3 N–H and O–H groups in total. The van der Waals surface area contributed by atoms with Gasteiger partial charge in [-0.05, 0) is 48.1 Å². The number of tetrazole rings is 1. The number of hydrogen-bond donors (Lipinski definition) is 2. The van der Waals surface area contributed by atoms with Crippen LogP contribution in [0.5, 0.6) is 0 Å². The quantitative estimate of drug-likeness (QED) is 0.377. The number of rotatable bonds is 6. The van der Waals surface area contributed by atoms with E-state index in [2.05, 4.69) is 36.9 Å². The molecule has 0 saturated heterocycles. The molecule has 1 atom stereocenters. The Balaban J connectivity index is 1.47. The topological polar surface area (TPSA) is 134 Å². The second-order valence-corrected chi connectivity index (χ2v) is 9.24. The average Bonchev–Trinajstić information content (AvgIpc) is 3.45. The van der Waals surface area contributed by atoms with Crippen LogP contribution in [0.3, 0.4) is 0 Å². The third kappa shape index (κ3) is 3.69. The summed E-state index contributed by atoms with van der Waals surface area (Å²) in [6.07, 6.45) is 7.32. The van der Waals surface area contributed by atoms with Crippen LogP contribution in [0.25, 0.3) is 33.3 Å². The van der Waals surface area contributed by atoms with Crippen LogP contribution in [0.15, 0.2) is 53.7 Å². The van der Waals surface area contributed by atoms with Crippen molar-refractivity contribution < 1.29 is 0 Å². The van der Waals surface area contributed by atoms with E-state index in [0.717, 1.165) is 35.0 Å². The fourth-order valence-corrected chi connectivity index (χ4v) is 4.72. The first-order chi connectivity index (χ1) is 17.4. The average molecular weight is 483 g/mol. The van der Waals surface area contributed by atoms with Crippen LogP contribution in [0.1, 0.15) is 37.5 Å². The Morgan fingerprint density at radius 3 is 2.72 bits per heavy atom. The second-order valence-electron chi connectivity index (χ2n) is 9.24. The molecule has 1 fully saturated rings. The van der Waals surface area contributed by atoms with E-state index in [4.69, 9.17) is 5.73 Å². The highest BCUT2D eigenvalue weighted by atomic mass is 16.1. The van der Waals surface area contributed by atoms with Gasteiger partial charge in [-0.25, -0.2) is 4.98 Å². The molecular weight excluding hydrogens is 456 g/mol. The van der Waals surface area contributed by atoms with Crippen molar-refractivity contribution in [2.45, 2.75) is 31.8 Å². The third-order valence-electron chi connectivity index (χ3n) is 6.55. The summed E-state index contributed by atoms with van der Waals surface area (Å²) in [6, 6.07) is 9.68. The van der Waals surface area contributed by atoms with Crippen molar-refractivity contribution in [2.24, 2.45) is 14.1 Å². The zero-order valence-corrected chi connectivity index (χ0v) is 20.3. The number of nitrogens with zero attached hydrogens (tertiary/aromatic N) is 8. The van der Waals surface area contributed by atoms with Gasteiger partial charge in [-0.1, -0.05) is 18.2 Å². The van der Waals surface area contributed by atoms with Crippen LogP contribution in [0, 0.1) is 0 Å². The van der Waals surface area contributed by atoms with Crippen LogP contribution in [0.2, 0.25) is 0 Å². The van der Waals surface area contributed by atoms with Crippen LogP contribution < -0.4 is 16.6 Å². The standard InChI is InChI=1S/C25H26N10O/c1-14(29-23-22(19(26)9-10-27-23)24-30-32-34(3)31-24)20-11-15-5-4-6-18(16-12-28-33(2)13-16)21(15)25(36)35(20)17-7-8-17/h4-6,9-14,17H,7-8H2,1-3H3,(H3,26,27,29)/t14-/m0/s1. The maximum Gasteiger partial charge on any atom is 0.259 e. The first-order valence-corrected chi connectivity index (χ1v) is 11.8. The molecule has 0 aliphatic heterocycles. The van der Waals surface area contributed by atoms with E-state index in [0.29, 0.717) is 28.3 Å². The third-order valence-corrected chi connectivity index (χ3v) is 6.55. The van der Waals surface area contributed by atoms with Gasteiger partial charge in [0.25, 0.3) is 5.56 Å². The molecule has 0 bridgehead atoms. The number of pyridine rings is 2. The predicted octanol–water partition coefficient (Wildman–Crippen LogP) is 3.08. The summed E-state index contributed by atoms with van der Waals surface area (Å²) in [5.41, 5.74) is 10.1. The number of anilines is 2. The predicted molar refractivity (Wildman–Crippen MR) is 137 cm³/mol. The lowest BCUT2D eigenvalue weighted by Gasteiger charge is -2.22. The minimum absolute atomic E-state index is 0.00875. The number of nitrogens with two attached hydrogens (primary N) is 1. The highest BCUT2D eigenvalue weighted by molar-refractivity contribution is 5.96. The molecular formula is C25H26N10O. The first kappa shape index (κ1) is 22.0. The summed E-state index contributed by atoms with van der Waals surface area (Å²) in [5, 5.41) is 21.7. The zero-order chi connectivity index (χ0) is 25.0. The molecule has 182 valence electrons. The molecule has 11 nitrogen and oxygen atoms in total. The number of benzene rings is 1. The molecule has 36 heavy (non-hydrogen) atoms. The number of fused-ring (bicyclic) bond motifs is 1. The van der Waals surface area contributed by atoms with E-state index in [1.165, 1.54) is 4.80 Å². The summed E-state index contributed by atoms with van der Waals surface area (Å²) < 4.78 is 3.68. The fraction of sp³-hybridized carbons (Fsp3) is 0.280. The van der Waals surface area contributed by atoms with E-state index in [-0.39, 0.29) is 17.6 Å². The molecule has 4 heterocycles. The molecule has 1 aromatic carbocycles. The lowest BCUT2D eigenvalue weighted by atomic mass is 10.00. The molecule has 0 amide bonds. The summed E-state index contributed by atoms with van der Waals surface area (Å²) in [4.78, 5) is 19.9. The Morgan fingerprint density at radius 1 is 1.19 bits per heavy atom. The van der Waals surface area contributed by atoms with E-state index in [1.54, 1.807) is 30.2 Å². The summed E-state index contributed by atoms with van der Waals surface area (Å²) in [6.45, 7) is 2.02. The van der Waals surface area contributed by atoms with Crippen molar-refractivity contribution in [3.8, 4) is 22.5 Å². The molecule has 6 rings (SSSR count). The van der Waals surface area contributed by atoms with Gasteiger partial charge < -0.3 is 15.6 Å². The van der Waals surface area contributed by atoms with Crippen LogP contribution >= 0.6 is 0 Å². The van der Waals surface area contributed by atoms with Crippen molar-refractivity contribution in [2.75, 3.05) is 11.1 Å². The van der Waals surface area contributed by atoms with Gasteiger partial charge in [-0.2, -0.15) is 9.90 Å². The molecule has 0 spiro atoms. The maximum atomic E-state index is 14.0. The molecule has 1 aliphatic rings. The lowest BCUT2D eigenvalue weighted by Crippen LogP contribution is -2.26. The van der Waals surface area contributed by atoms with Crippen LogP contribution in [-0.2, 0) is 14.1 Å². The number of nitrogens with one attached hydrogen (secondary N) is 1. The maximum absolute atomic E-state index is 14.0. The summed E-state index contributed by atoms with van der Waals surface area (Å²) in [7, 11) is 3.57. The smallest absolute Gasteiger partial charge is 0.259 e. The molecule has 11 heteroatoms. The van der Waals surface area contributed by atoms with Gasteiger partial charge in [0.2, 0.25) is 5.82 Å². The number of aromatic nitrogens is 8. The van der Waals surface area contributed by atoms with E-state index in [9.17, 15) is 4.79 Å². The Kier molecular flexibility index (Phi) is 5.06. The van der Waals surface area contributed by atoms with Crippen molar-refractivity contribution in [1.29, 1.82) is 0 Å². The number of hydrogen-bond acceptors (Lipinski definition) is 8. The van der Waals surface area contributed by atoms with Gasteiger partial charge in [-0.15, -0.1) is 10.2 Å². The number of aryl methyl sites for hydroxylation is 2. The summed E-state index contributed by atoms with van der Waals surface area (Å²) in [5.74, 6) is 0.923. The van der Waals surface area contributed by atoms with Gasteiger partial charge in [-0.3, -0.25) is 9.48 Å². The normalized spacial score (nSPS) is 14.3. The largest absolute Gasteiger partial charge is 0.398 e. The van der Waals surface area contributed by atoms with E-state index < -0.39 is 0 Å². The zero-order valence-electron chi connectivity index (χ0n) is 20.3. The Hall–Kier alpha value is -4.54. The van der Waals surface area contributed by atoms with Crippen LogP contribution in [0.4, 0.5) is 11.5 Å². The Labute approximate surface area is 206 Å². The minimum Gasteiger partial charge on any atom is -0.398 e.